The van der Waals surface area contributed by atoms with Gasteiger partial charge in [0.05, 0.1) is 27.4 Å². The van der Waals surface area contributed by atoms with Crippen LogP contribution in [-0.2, 0) is 4.74 Å². The molecule has 1 saturated heterocycles. The van der Waals surface area contributed by atoms with Gasteiger partial charge in [0.25, 0.3) is 0 Å². The minimum atomic E-state index is 0. The Morgan fingerprint density at radius 1 is 1.23 bits per heavy atom. The van der Waals surface area contributed by atoms with Crippen molar-refractivity contribution in [2.45, 2.75) is 6.92 Å². The fraction of sp³-hybridized carbons (Fsp3) is 0.611. The molecule has 0 bridgehead atoms. The van der Waals surface area contributed by atoms with Gasteiger partial charge >= 0.3 is 0 Å². The quantitative estimate of drug-likeness (QED) is 0.356. The van der Waals surface area contributed by atoms with Gasteiger partial charge in [0.1, 0.15) is 0 Å². The maximum absolute atomic E-state index is 5.39. The number of anilines is 1. The molecule has 7 nitrogen and oxygen atoms in total. The fourth-order valence-electron chi connectivity index (χ4n) is 2.79. The molecule has 1 fully saturated rings. The molecule has 148 valence electrons. The molecule has 1 unspecified atom stereocenters. The van der Waals surface area contributed by atoms with E-state index in [9.17, 15) is 0 Å². The van der Waals surface area contributed by atoms with E-state index in [1.807, 2.05) is 18.2 Å². The van der Waals surface area contributed by atoms with Gasteiger partial charge in [0.15, 0.2) is 17.5 Å². The van der Waals surface area contributed by atoms with Gasteiger partial charge in [-0.05, 0) is 18.1 Å². The minimum absolute atomic E-state index is 0. The number of hydrogen-bond acceptors (Lipinski definition) is 5. The summed E-state index contributed by atoms with van der Waals surface area (Å²) in [6, 6.07) is 5.70. The van der Waals surface area contributed by atoms with E-state index in [0.717, 1.165) is 51.0 Å². The van der Waals surface area contributed by atoms with Gasteiger partial charge < -0.3 is 24.8 Å². The van der Waals surface area contributed by atoms with E-state index in [0.29, 0.717) is 17.4 Å². The SMILES string of the molecule is CN=C(NCC(C)CN1CCOCC1)Nc1ccc(OC)c(OC)c1.I. The van der Waals surface area contributed by atoms with E-state index in [1.165, 1.54) is 0 Å². The number of benzene rings is 1. The van der Waals surface area contributed by atoms with E-state index in [4.69, 9.17) is 14.2 Å². The largest absolute Gasteiger partial charge is 0.493 e. The summed E-state index contributed by atoms with van der Waals surface area (Å²) in [5.41, 5.74) is 0.895. The Kier molecular flexibility index (Phi) is 10.7. The van der Waals surface area contributed by atoms with Crippen LogP contribution in [0.15, 0.2) is 23.2 Å². The first-order chi connectivity index (χ1) is 12.2. The molecule has 0 amide bonds. The second-order valence-corrected chi connectivity index (χ2v) is 6.17. The van der Waals surface area contributed by atoms with Gasteiger partial charge in [0, 0.05) is 45.0 Å². The van der Waals surface area contributed by atoms with Crippen LogP contribution in [0.1, 0.15) is 6.92 Å². The average molecular weight is 478 g/mol. The molecule has 1 atom stereocenters. The molecule has 0 aliphatic carbocycles. The number of nitrogens with one attached hydrogen (secondary N) is 2. The van der Waals surface area contributed by atoms with E-state index >= 15 is 0 Å². The molecule has 2 rings (SSSR count). The number of halogens is 1. The molecular formula is C18H31IN4O3. The number of nitrogens with zero attached hydrogens (tertiary/aromatic N) is 2. The smallest absolute Gasteiger partial charge is 0.195 e. The lowest BCUT2D eigenvalue weighted by molar-refractivity contribution is 0.0320. The number of rotatable bonds is 7. The highest BCUT2D eigenvalue weighted by molar-refractivity contribution is 14.0. The van der Waals surface area contributed by atoms with E-state index in [-0.39, 0.29) is 24.0 Å². The Morgan fingerprint density at radius 3 is 2.54 bits per heavy atom. The lowest BCUT2D eigenvalue weighted by Gasteiger charge is -2.29. The maximum Gasteiger partial charge on any atom is 0.195 e. The molecule has 1 aromatic rings. The van der Waals surface area contributed by atoms with Crippen molar-refractivity contribution in [2.24, 2.45) is 10.9 Å². The number of ether oxygens (including phenoxy) is 3. The zero-order valence-corrected chi connectivity index (χ0v) is 18.4. The number of hydrogen-bond donors (Lipinski definition) is 2. The summed E-state index contributed by atoms with van der Waals surface area (Å²) in [5.74, 6) is 2.64. The summed E-state index contributed by atoms with van der Waals surface area (Å²) in [7, 11) is 5.02. The summed E-state index contributed by atoms with van der Waals surface area (Å²) in [4.78, 5) is 6.73. The van der Waals surface area contributed by atoms with Crippen molar-refractivity contribution in [3.05, 3.63) is 18.2 Å². The van der Waals surface area contributed by atoms with Crippen LogP contribution in [0, 0.1) is 5.92 Å². The van der Waals surface area contributed by atoms with Gasteiger partial charge in [-0.3, -0.25) is 9.89 Å². The number of methoxy groups -OCH3 is 2. The van der Waals surface area contributed by atoms with Crippen LogP contribution < -0.4 is 20.1 Å². The summed E-state index contributed by atoms with van der Waals surface area (Å²) in [6.07, 6.45) is 0. The van der Waals surface area contributed by atoms with Crippen LogP contribution in [0.4, 0.5) is 5.69 Å². The third-order valence-electron chi connectivity index (χ3n) is 4.16. The van der Waals surface area contributed by atoms with Crippen LogP contribution in [0.5, 0.6) is 11.5 Å². The first-order valence-electron chi connectivity index (χ1n) is 8.66. The first-order valence-corrected chi connectivity index (χ1v) is 8.66. The normalized spacial score (nSPS) is 16.4. The predicted molar refractivity (Wildman–Crippen MR) is 116 cm³/mol. The second kappa shape index (κ2) is 12.2. The van der Waals surface area contributed by atoms with Crippen LogP contribution in [0.25, 0.3) is 0 Å². The molecule has 26 heavy (non-hydrogen) atoms. The Labute approximate surface area is 173 Å². The van der Waals surface area contributed by atoms with Crippen molar-refractivity contribution in [3.8, 4) is 11.5 Å². The molecule has 0 aromatic heterocycles. The Bertz CT molecular complexity index is 565. The van der Waals surface area contributed by atoms with Crippen molar-refractivity contribution in [2.75, 3.05) is 66.0 Å². The van der Waals surface area contributed by atoms with Crippen LogP contribution in [0.2, 0.25) is 0 Å². The molecule has 0 spiro atoms. The highest BCUT2D eigenvalue weighted by atomic mass is 127. The maximum atomic E-state index is 5.39. The molecule has 1 heterocycles. The highest BCUT2D eigenvalue weighted by Crippen LogP contribution is 2.29. The van der Waals surface area contributed by atoms with Gasteiger partial charge in [-0.25, -0.2) is 0 Å². The van der Waals surface area contributed by atoms with Crippen molar-refractivity contribution < 1.29 is 14.2 Å². The monoisotopic (exact) mass is 478 g/mol. The van der Waals surface area contributed by atoms with Gasteiger partial charge in [-0.15, -0.1) is 24.0 Å². The zero-order chi connectivity index (χ0) is 18.1. The Balaban J connectivity index is 0.00000338. The third kappa shape index (κ3) is 7.16. The topological polar surface area (TPSA) is 67.4 Å². The molecule has 8 heteroatoms. The van der Waals surface area contributed by atoms with Crippen LogP contribution in [0.3, 0.4) is 0 Å². The fourth-order valence-corrected chi connectivity index (χ4v) is 2.79. The van der Waals surface area contributed by atoms with Crippen LogP contribution in [-0.4, -0.2) is 71.5 Å². The lowest BCUT2D eigenvalue weighted by Crippen LogP contribution is -2.42. The summed E-state index contributed by atoms with van der Waals surface area (Å²) < 4.78 is 16.0. The molecule has 1 aliphatic rings. The van der Waals surface area contributed by atoms with Gasteiger partial charge in [0.2, 0.25) is 0 Å². The van der Waals surface area contributed by atoms with Crippen molar-refractivity contribution in [1.29, 1.82) is 0 Å². The summed E-state index contributed by atoms with van der Waals surface area (Å²) in [5, 5.41) is 6.67. The molecule has 1 aromatic carbocycles. The molecule has 1 aliphatic heterocycles. The number of aliphatic imine (C=N–C) groups is 1. The number of guanidine groups is 1. The number of morpholine rings is 1. The van der Waals surface area contributed by atoms with Crippen molar-refractivity contribution >= 4 is 35.6 Å². The standard InChI is InChI=1S/C18H30N4O3.HI/c1-14(13-22-7-9-25-10-8-22)12-20-18(19-2)21-15-5-6-16(23-3)17(11-15)24-4;/h5-6,11,14H,7-10,12-13H2,1-4H3,(H2,19,20,21);1H. The zero-order valence-electron chi connectivity index (χ0n) is 16.1. The van der Waals surface area contributed by atoms with Crippen molar-refractivity contribution in [3.63, 3.8) is 0 Å². The summed E-state index contributed by atoms with van der Waals surface area (Å²) in [6.45, 7) is 7.86. The van der Waals surface area contributed by atoms with Gasteiger partial charge in [-0.2, -0.15) is 0 Å². The van der Waals surface area contributed by atoms with E-state index < -0.39 is 0 Å². The van der Waals surface area contributed by atoms with Crippen LogP contribution >= 0.6 is 24.0 Å². The molecule has 0 saturated carbocycles. The minimum Gasteiger partial charge on any atom is -0.493 e. The Morgan fingerprint density at radius 2 is 1.92 bits per heavy atom. The Hall–Kier alpha value is -1.26. The molecule has 0 radical (unpaired) electrons. The molecular weight excluding hydrogens is 447 g/mol. The van der Waals surface area contributed by atoms with E-state index in [2.05, 4.69) is 27.4 Å². The van der Waals surface area contributed by atoms with Gasteiger partial charge in [-0.1, -0.05) is 6.92 Å². The third-order valence-corrected chi connectivity index (χ3v) is 4.16. The van der Waals surface area contributed by atoms with E-state index in [1.54, 1.807) is 21.3 Å². The van der Waals surface area contributed by atoms with Crippen molar-refractivity contribution in [1.82, 2.24) is 10.2 Å². The molecule has 2 N–H and O–H groups in total. The lowest BCUT2D eigenvalue weighted by atomic mass is 10.1. The predicted octanol–water partition coefficient (Wildman–Crippen LogP) is 2.28. The average Bonchev–Trinajstić information content (AvgIpc) is 2.65. The summed E-state index contributed by atoms with van der Waals surface area (Å²) >= 11 is 0. The second-order valence-electron chi connectivity index (χ2n) is 6.17. The highest BCUT2D eigenvalue weighted by Gasteiger charge is 2.14. The first kappa shape index (κ1) is 22.8.